The summed E-state index contributed by atoms with van der Waals surface area (Å²) in [6.07, 6.45) is 0.996. The summed E-state index contributed by atoms with van der Waals surface area (Å²) >= 11 is 0.989. The highest BCUT2D eigenvalue weighted by Crippen LogP contribution is 2.12. The molecule has 0 aromatic carbocycles. The highest BCUT2D eigenvalue weighted by molar-refractivity contribution is 7.08. The van der Waals surface area contributed by atoms with Crippen molar-refractivity contribution in [3.63, 3.8) is 0 Å². The molecule has 6 nitrogen and oxygen atoms in total. The van der Waals surface area contributed by atoms with Gasteiger partial charge in [0, 0.05) is 0 Å². The first-order valence-corrected chi connectivity index (χ1v) is 6.57. The van der Waals surface area contributed by atoms with Gasteiger partial charge in [-0.25, -0.2) is 4.79 Å². The van der Waals surface area contributed by atoms with Crippen molar-refractivity contribution in [3.8, 4) is 0 Å². The van der Waals surface area contributed by atoms with Gasteiger partial charge in [0.15, 0.2) is 0 Å². The fourth-order valence-electron chi connectivity index (χ4n) is 1.53. The lowest BCUT2D eigenvalue weighted by atomic mass is 10.0. The topological polar surface area (TPSA) is 92.2 Å². The van der Waals surface area contributed by atoms with E-state index in [1.54, 1.807) is 0 Å². The Hall–Kier alpha value is -1.50. The molecule has 1 rings (SSSR count). The number of carboxylic acids is 1. The van der Waals surface area contributed by atoms with E-state index in [9.17, 15) is 9.59 Å². The van der Waals surface area contributed by atoms with Crippen LogP contribution in [0.3, 0.4) is 0 Å². The van der Waals surface area contributed by atoms with Crippen LogP contribution < -0.4 is 5.32 Å². The lowest BCUT2D eigenvalue weighted by molar-refractivity contribution is -0.139. The van der Waals surface area contributed by atoms with Crippen LogP contribution in [0, 0.1) is 5.92 Å². The second-order valence-electron chi connectivity index (χ2n) is 4.40. The molecule has 0 unspecified atom stereocenters. The molecule has 0 saturated carbocycles. The van der Waals surface area contributed by atoms with Gasteiger partial charge in [-0.15, -0.1) is 5.10 Å². The van der Waals surface area contributed by atoms with E-state index in [0.29, 0.717) is 23.4 Å². The molecule has 1 aromatic rings. The minimum absolute atomic E-state index is 0.191. The van der Waals surface area contributed by atoms with Crippen molar-refractivity contribution in [3.05, 3.63) is 10.6 Å². The van der Waals surface area contributed by atoms with Crippen molar-refractivity contribution in [1.29, 1.82) is 0 Å². The summed E-state index contributed by atoms with van der Waals surface area (Å²) in [5.74, 6) is -1.24. The van der Waals surface area contributed by atoms with E-state index in [1.165, 1.54) is 0 Å². The van der Waals surface area contributed by atoms with E-state index in [4.69, 9.17) is 5.11 Å². The highest BCUT2D eigenvalue weighted by atomic mass is 32.1. The van der Waals surface area contributed by atoms with E-state index in [2.05, 4.69) is 14.9 Å². The predicted molar refractivity (Wildman–Crippen MR) is 67.6 cm³/mol. The highest BCUT2D eigenvalue weighted by Gasteiger charge is 2.24. The number of aliphatic carboxylic acids is 1. The maximum Gasteiger partial charge on any atom is 0.326 e. The van der Waals surface area contributed by atoms with Gasteiger partial charge in [0.1, 0.15) is 10.9 Å². The number of carboxylic acid groups (broad SMARTS) is 1. The smallest absolute Gasteiger partial charge is 0.326 e. The van der Waals surface area contributed by atoms with Crippen LogP contribution in [0.25, 0.3) is 0 Å². The van der Waals surface area contributed by atoms with Gasteiger partial charge in [-0.1, -0.05) is 25.3 Å². The zero-order valence-electron chi connectivity index (χ0n) is 10.6. The van der Waals surface area contributed by atoms with Gasteiger partial charge < -0.3 is 10.4 Å². The van der Waals surface area contributed by atoms with Crippen LogP contribution in [0.5, 0.6) is 0 Å². The molecule has 1 atom stereocenters. The van der Waals surface area contributed by atoms with Gasteiger partial charge in [0.2, 0.25) is 0 Å². The summed E-state index contributed by atoms with van der Waals surface area (Å²) in [5, 5.41) is 15.4. The minimum Gasteiger partial charge on any atom is -0.480 e. The van der Waals surface area contributed by atoms with Crippen LogP contribution in [0.4, 0.5) is 0 Å². The zero-order chi connectivity index (χ0) is 13.7. The van der Waals surface area contributed by atoms with Crippen LogP contribution in [0.15, 0.2) is 0 Å². The van der Waals surface area contributed by atoms with Crippen molar-refractivity contribution in [2.24, 2.45) is 5.92 Å². The summed E-state index contributed by atoms with van der Waals surface area (Å²) in [5.41, 5.74) is 0.603. The summed E-state index contributed by atoms with van der Waals surface area (Å²) in [4.78, 5) is 23.4. The number of aryl methyl sites for hydroxylation is 1. The van der Waals surface area contributed by atoms with Crippen molar-refractivity contribution >= 4 is 23.4 Å². The third-order valence-electron chi connectivity index (χ3n) is 2.41. The molecule has 0 aliphatic heterocycles. The molecule has 0 saturated heterocycles. The van der Waals surface area contributed by atoms with Crippen molar-refractivity contribution in [1.82, 2.24) is 14.9 Å². The Morgan fingerprint density at radius 2 is 2.11 bits per heavy atom. The third-order valence-corrected chi connectivity index (χ3v) is 3.17. The van der Waals surface area contributed by atoms with Crippen LogP contribution in [-0.2, 0) is 11.2 Å². The first kappa shape index (κ1) is 14.6. The van der Waals surface area contributed by atoms with Gasteiger partial charge >= 0.3 is 5.97 Å². The molecular weight excluding hydrogens is 254 g/mol. The Morgan fingerprint density at radius 3 is 2.61 bits per heavy atom. The second kappa shape index (κ2) is 6.44. The van der Waals surface area contributed by atoms with Crippen LogP contribution >= 0.6 is 11.5 Å². The summed E-state index contributed by atoms with van der Waals surface area (Å²) < 4.78 is 3.71. The third kappa shape index (κ3) is 3.76. The first-order chi connectivity index (χ1) is 8.45. The summed E-state index contributed by atoms with van der Waals surface area (Å²) in [6, 6.07) is -0.871. The average Bonchev–Trinajstić information content (AvgIpc) is 2.75. The molecule has 1 aromatic heterocycles. The Balaban J connectivity index is 2.75. The number of carbonyl (C=O) groups excluding carboxylic acids is 1. The normalized spacial score (nSPS) is 12.4. The molecule has 0 aliphatic carbocycles. The first-order valence-electron chi connectivity index (χ1n) is 5.80. The summed E-state index contributed by atoms with van der Waals surface area (Å²) in [6.45, 7) is 5.69. The quantitative estimate of drug-likeness (QED) is 0.814. The molecule has 2 N–H and O–H groups in total. The standard InChI is InChI=1S/C11H17N3O3S/c1-4-7-9(18-14-13-7)10(15)12-8(11(16)17)5-6(2)3/h6,8H,4-5H2,1-3H3,(H,12,15)(H,16,17)/t8-/m1/s1. The van der Waals surface area contributed by atoms with Crippen molar-refractivity contribution in [2.45, 2.75) is 39.7 Å². The Kier molecular flexibility index (Phi) is 5.21. The maximum atomic E-state index is 11.9. The average molecular weight is 271 g/mol. The number of aromatic nitrogens is 2. The molecule has 0 fully saturated rings. The molecule has 0 bridgehead atoms. The molecule has 0 aliphatic rings. The molecular formula is C11H17N3O3S. The van der Waals surface area contributed by atoms with E-state index < -0.39 is 17.9 Å². The minimum atomic E-state index is -1.02. The fourth-order valence-corrected chi connectivity index (χ4v) is 2.18. The van der Waals surface area contributed by atoms with Crippen LogP contribution in [-0.4, -0.2) is 32.6 Å². The number of nitrogens with zero attached hydrogens (tertiary/aromatic N) is 2. The summed E-state index contributed by atoms with van der Waals surface area (Å²) in [7, 11) is 0. The van der Waals surface area contributed by atoms with Crippen LogP contribution in [0.2, 0.25) is 0 Å². The lowest BCUT2D eigenvalue weighted by Crippen LogP contribution is -2.41. The number of carbonyl (C=O) groups is 2. The number of hydrogen-bond acceptors (Lipinski definition) is 5. The molecule has 100 valence electrons. The van der Waals surface area contributed by atoms with Crippen LogP contribution in [0.1, 0.15) is 42.6 Å². The lowest BCUT2D eigenvalue weighted by Gasteiger charge is -2.15. The van der Waals surface area contributed by atoms with E-state index in [1.807, 2.05) is 20.8 Å². The SMILES string of the molecule is CCc1nnsc1C(=O)N[C@H](CC(C)C)C(=O)O. The van der Waals surface area contributed by atoms with Gasteiger partial charge in [-0.3, -0.25) is 4.79 Å². The van der Waals surface area contributed by atoms with E-state index in [0.717, 1.165) is 11.5 Å². The molecule has 1 heterocycles. The molecule has 0 spiro atoms. The largest absolute Gasteiger partial charge is 0.480 e. The Morgan fingerprint density at radius 1 is 1.44 bits per heavy atom. The van der Waals surface area contributed by atoms with E-state index in [-0.39, 0.29) is 5.92 Å². The van der Waals surface area contributed by atoms with Crippen molar-refractivity contribution < 1.29 is 14.7 Å². The van der Waals surface area contributed by atoms with Gasteiger partial charge in [-0.05, 0) is 30.3 Å². The number of amides is 1. The van der Waals surface area contributed by atoms with Crippen molar-refractivity contribution in [2.75, 3.05) is 0 Å². The van der Waals surface area contributed by atoms with E-state index >= 15 is 0 Å². The molecule has 1 amide bonds. The Bertz CT molecular complexity index is 431. The zero-order valence-corrected chi connectivity index (χ0v) is 11.5. The Labute approximate surface area is 110 Å². The number of nitrogens with one attached hydrogen (secondary N) is 1. The molecule has 7 heteroatoms. The second-order valence-corrected chi connectivity index (χ2v) is 5.15. The van der Waals surface area contributed by atoms with Gasteiger partial charge in [0.05, 0.1) is 5.69 Å². The monoisotopic (exact) mass is 271 g/mol. The number of rotatable bonds is 6. The van der Waals surface area contributed by atoms with Gasteiger partial charge in [-0.2, -0.15) is 0 Å². The maximum absolute atomic E-state index is 11.9. The number of hydrogen-bond donors (Lipinski definition) is 2. The van der Waals surface area contributed by atoms with Gasteiger partial charge in [0.25, 0.3) is 5.91 Å². The predicted octanol–water partition coefficient (Wildman–Crippen LogP) is 1.33. The molecule has 18 heavy (non-hydrogen) atoms. The fraction of sp³-hybridized carbons (Fsp3) is 0.636. The molecule has 0 radical (unpaired) electrons.